The van der Waals surface area contributed by atoms with Gasteiger partial charge in [-0.05, 0) is 36.7 Å². The third-order valence-corrected chi connectivity index (χ3v) is 2.26. The molecule has 0 bridgehead atoms. The van der Waals surface area contributed by atoms with E-state index in [0.717, 1.165) is 0 Å². The van der Waals surface area contributed by atoms with Gasteiger partial charge in [-0.2, -0.15) is 0 Å². The van der Waals surface area contributed by atoms with Gasteiger partial charge in [-0.25, -0.2) is 0 Å². The summed E-state index contributed by atoms with van der Waals surface area (Å²) >= 11 is 0. The van der Waals surface area contributed by atoms with Crippen molar-refractivity contribution in [1.82, 2.24) is 4.57 Å². The van der Waals surface area contributed by atoms with Gasteiger partial charge in [-0.15, -0.1) is 0 Å². The molecule has 0 aliphatic rings. The quantitative estimate of drug-likeness (QED) is 0.773. The van der Waals surface area contributed by atoms with Gasteiger partial charge in [0.15, 0.2) is 0 Å². The topological polar surface area (TPSA) is 31.2 Å². The average molecular weight is 218 g/mol. The largest absolute Gasteiger partial charge is 0.497 e. The molecule has 16 heavy (non-hydrogen) atoms. The third kappa shape index (κ3) is 1.98. The lowest BCUT2D eigenvalue weighted by Crippen LogP contribution is -2.16. The Labute approximate surface area is 98.1 Å². The van der Waals surface area contributed by atoms with E-state index in [4.69, 9.17) is 8.85 Å². The average Bonchev–Trinajstić information content (AvgIpc) is 2.38. The van der Waals surface area contributed by atoms with E-state index >= 15 is 0 Å². The standard InChI is InChI=1S/C13H13NO2/c1-10-3-8-13(15)14(9-10)11-4-6-12(16-2)7-5-11/h3-9H,1-2H3/i1D3. The highest BCUT2D eigenvalue weighted by Gasteiger charge is 1.99. The van der Waals surface area contributed by atoms with Crippen LogP contribution in [0.2, 0.25) is 0 Å². The van der Waals surface area contributed by atoms with Crippen molar-refractivity contribution in [1.29, 1.82) is 0 Å². The number of pyridine rings is 1. The molecule has 82 valence electrons. The van der Waals surface area contributed by atoms with E-state index in [1.807, 2.05) is 0 Å². The zero-order valence-corrected chi connectivity index (χ0v) is 8.81. The lowest BCUT2D eigenvalue weighted by atomic mass is 10.2. The number of ether oxygens (including phenoxy) is 1. The number of aryl methyl sites for hydroxylation is 1. The fraction of sp³-hybridized carbons (Fsp3) is 0.154. The van der Waals surface area contributed by atoms with E-state index in [1.54, 1.807) is 31.4 Å². The lowest BCUT2D eigenvalue weighted by molar-refractivity contribution is 0.414. The van der Waals surface area contributed by atoms with Gasteiger partial charge < -0.3 is 4.74 Å². The summed E-state index contributed by atoms with van der Waals surface area (Å²) in [5.74, 6) is 0.670. The highest BCUT2D eigenvalue weighted by molar-refractivity contribution is 5.38. The summed E-state index contributed by atoms with van der Waals surface area (Å²) in [5, 5.41) is 0. The first-order chi connectivity index (χ1) is 8.91. The monoisotopic (exact) mass is 218 g/mol. The summed E-state index contributed by atoms with van der Waals surface area (Å²) in [5.41, 5.74) is 0.443. The fourth-order valence-corrected chi connectivity index (χ4v) is 1.43. The Hall–Kier alpha value is -2.03. The first kappa shape index (κ1) is 7.28. The maximum Gasteiger partial charge on any atom is 0.255 e. The normalized spacial score (nSPS) is 13.7. The number of benzene rings is 1. The van der Waals surface area contributed by atoms with Crippen molar-refractivity contribution in [2.75, 3.05) is 7.11 Å². The maximum atomic E-state index is 11.8. The third-order valence-electron chi connectivity index (χ3n) is 2.26. The van der Waals surface area contributed by atoms with Gasteiger partial charge >= 0.3 is 0 Å². The van der Waals surface area contributed by atoms with Crippen molar-refractivity contribution >= 4 is 0 Å². The van der Waals surface area contributed by atoms with Crippen molar-refractivity contribution in [3.63, 3.8) is 0 Å². The highest BCUT2D eigenvalue weighted by Crippen LogP contribution is 2.13. The summed E-state index contributed by atoms with van der Waals surface area (Å²) < 4.78 is 28.4. The molecule has 1 aromatic carbocycles. The SMILES string of the molecule is [2H]C([2H])([2H])c1ccc(=O)n(-c2ccc(OC)cc2)c1. The van der Waals surface area contributed by atoms with E-state index < -0.39 is 6.85 Å². The molecule has 0 spiro atoms. The van der Waals surface area contributed by atoms with Crippen molar-refractivity contribution in [3.8, 4) is 11.4 Å². The molecule has 3 heteroatoms. The maximum absolute atomic E-state index is 11.8. The molecular weight excluding hydrogens is 202 g/mol. The smallest absolute Gasteiger partial charge is 0.255 e. The van der Waals surface area contributed by atoms with Crippen LogP contribution < -0.4 is 10.3 Å². The number of hydrogen-bond acceptors (Lipinski definition) is 2. The molecule has 1 heterocycles. The van der Waals surface area contributed by atoms with Crippen LogP contribution in [0.3, 0.4) is 0 Å². The van der Waals surface area contributed by atoms with E-state index in [-0.39, 0.29) is 11.1 Å². The number of methoxy groups -OCH3 is 1. The van der Waals surface area contributed by atoms with Gasteiger partial charge in [0, 0.05) is 22.1 Å². The molecule has 0 saturated heterocycles. The van der Waals surface area contributed by atoms with Crippen LogP contribution in [-0.2, 0) is 0 Å². The molecular formula is C13H13NO2. The van der Waals surface area contributed by atoms with Gasteiger partial charge in [0.05, 0.1) is 7.11 Å². The Morgan fingerprint density at radius 3 is 2.56 bits per heavy atom. The van der Waals surface area contributed by atoms with Crippen LogP contribution in [0.4, 0.5) is 0 Å². The molecule has 3 nitrogen and oxygen atoms in total. The number of nitrogens with zero attached hydrogens (tertiary/aromatic N) is 1. The molecule has 0 atom stereocenters. The van der Waals surface area contributed by atoms with Gasteiger partial charge in [0.25, 0.3) is 5.56 Å². The number of aromatic nitrogens is 1. The van der Waals surface area contributed by atoms with Crippen LogP contribution in [0.15, 0.2) is 47.4 Å². The van der Waals surface area contributed by atoms with E-state index in [2.05, 4.69) is 0 Å². The minimum Gasteiger partial charge on any atom is -0.497 e. The molecule has 2 aromatic rings. The predicted molar refractivity (Wildman–Crippen MR) is 63.3 cm³/mol. The Bertz CT molecular complexity index is 630. The second-order valence-electron chi connectivity index (χ2n) is 3.32. The van der Waals surface area contributed by atoms with Crippen LogP contribution in [-0.4, -0.2) is 11.7 Å². The summed E-state index contributed by atoms with van der Waals surface area (Å²) in [6, 6.07) is 9.40. The van der Waals surface area contributed by atoms with Crippen molar-refractivity contribution in [2.45, 2.75) is 6.85 Å². The van der Waals surface area contributed by atoms with Crippen LogP contribution in [0.1, 0.15) is 9.68 Å². The van der Waals surface area contributed by atoms with Gasteiger partial charge in [0.1, 0.15) is 5.75 Å². The first-order valence-corrected chi connectivity index (χ1v) is 4.79. The first-order valence-electron chi connectivity index (χ1n) is 6.29. The highest BCUT2D eigenvalue weighted by atomic mass is 16.5. The van der Waals surface area contributed by atoms with Crippen LogP contribution >= 0.6 is 0 Å². The zero-order valence-electron chi connectivity index (χ0n) is 11.8. The van der Waals surface area contributed by atoms with E-state index in [9.17, 15) is 4.79 Å². The summed E-state index contributed by atoms with van der Waals surface area (Å²) in [7, 11) is 1.55. The summed E-state index contributed by atoms with van der Waals surface area (Å²) in [4.78, 5) is 11.8. The molecule has 1 aromatic heterocycles. The van der Waals surface area contributed by atoms with Gasteiger partial charge in [0.2, 0.25) is 0 Å². The second kappa shape index (κ2) is 4.23. The summed E-state index contributed by atoms with van der Waals surface area (Å²) in [6.45, 7) is -2.23. The van der Waals surface area contributed by atoms with Crippen molar-refractivity contribution in [3.05, 3.63) is 58.5 Å². The molecule has 0 saturated carbocycles. The predicted octanol–water partition coefficient (Wildman–Crippen LogP) is 2.15. The van der Waals surface area contributed by atoms with Gasteiger partial charge in [-0.3, -0.25) is 9.36 Å². The van der Waals surface area contributed by atoms with Crippen molar-refractivity contribution in [2.24, 2.45) is 0 Å². The Kier molecular flexibility index (Phi) is 1.92. The van der Waals surface area contributed by atoms with Crippen LogP contribution in [0, 0.1) is 6.85 Å². The molecule has 0 aliphatic heterocycles. The number of rotatable bonds is 2. The number of hydrogen-bond donors (Lipinski definition) is 0. The Balaban J connectivity index is 2.51. The molecule has 0 fully saturated rings. The molecule has 2 rings (SSSR count). The van der Waals surface area contributed by atoms with Crippen molar-refractivity contribution < 1.29 is 8.85 Å². The minimum atomic E-state index is -2.23. The van der Waals surface area contributed by atoms with Crippen LogP contribution in [0.5, 0.6) is 5.75 Å². The lowest BCUT2D eigenvalue weighted by Gasteiger charge is -2.07. The minimum absolute atomic E-state index is 0.128. The summed E-state index contributed by atoms with van der Waals surface area (Å²) in [6.07, 6.45) is 1.34. The van der Waals surface area contributed by atoms with Crippen LogP contribution in [0.25, 0.3) is 5.69 Å². The van der Waals surface area contributed by atoms with Gasteiger partial charge in [-0.1, -0.05) is 6.07 Å². The zero-order chi connectivity index (χ0) is 14.0. The fourth-order valence-electron chi connectivity index (χ4n) is 1.43. The molecule has 0 amide bonds. The molecule has 0 aliphatic carbocycles. The second-order valence-corrected chi connectivity index (χ2v) is 3.32. The molecule has 0 unspecified atom stereocenters. The Morgan fingerprint density at radius 2 is 1.94 bits per heavy atom. The molecule has 0 radical (unpaired) electrons. The van der Waals surface area contributed by atoms with E-state index in [0.29, 0.717) is 11.4 Å². The Morgan fingerprint density at radius 1 is 1.19 bits per heavy atom. The molecule has 0 N–H and O–H groups in total. The van der Waals surface area contributed by atoms with E-state index in [1.165, 1.54) is 22.9 Å².